The molecule has 5 heteroatoms. The third-order valence-corrected chi connectivity index (χ3v) is 3.23. The van der Waals surface area contributed by atoms with Gasteiger partial charge in [-0.2, -0.15) is 0 Å². The molecule has 0 spiro atoms. The smallest absolute Gasteiger partial charge is 0.259 e. The number of aromatic nitrogens is 1. The maximum Gasteiger partial charge on any atom is 0.259 e. The highest BCUT2D eigenvalue weighted by Crippen LogP contribution is 2.14. The second kappa shape index (κ2) is 5.82. The van der Waals surface area contributed by atoms with Gasteiger partial charge in [0.15, 0.2) is 5.43 Å². The SMILES string of the molecule is CCN(CC1CCOC1)C(=O)c1c[nH]ccc1=O. The third-order valence-electron chi connectivity index (χ3n) is 3.23. The Hall–Kier alpha value is -1.62. The first-order chi connectivity index (χ1) is 8.72. The first-order valence-corrected chi connectivity index (χ1v) is 6.26. The van der Waals surface area contributed by atoms with Gasteiger partial charge in [-0.05, 0) is 13.3 Å². The predicted octanol–water partition coefficient (Wildman–Crippen LogP) is 0.873. The number of H-pyrrole nitrogens is 1. The number of carbonyl (C=O) groups excluding carboxylic acids is 1. The molecule has 2 rings (SSSR count). The van der Waals surface area contributed by atoms with Crippen LogP contribution in [0.4, 0.5) is 0 Å². The van der Waals surface area contributed by atoms with Crippen LogP contribution in [0, 0.1) is 5.92 Å². The fraction of sp³-hybridized carbons (Fsp3) is 0.538. The van der Waals surface area contributed by atoms with Gasteiger partial charge in [-0.25, -0.2) is 0 Å². The predicted molar refractivity (Wildman–Crippen MR) is 67.6 cm³/mol. The lowest BCUT2D eigenvalue weighted by Gasteiger charge is -2.23. The van der Waals surface area contributed by atoms with Crippen molar-refractivity contribution in [1.82, 2.24) is 9.88 Å². The van der Waals surface area contributed by atoms with Gasteiger partial charge in [-0.15, -0.1) is 0 Å². The molecule has 1 fully saturated rings. The molecule has 1 aromatic rings. The van der Waals surface area contributed by atoms with Crippen molar-refractivity contribution in [1.29, 1.82) is 0 Å². The van der Waals surface area contributed by atoms with E-state index < -0.39 is 0 Å². The molecule has 1 aliphatic rings. The monoisotopic (exact) mass is 250 g/mol. The van der Waals surface area contributed by atoms with Crippen molar-refractivity contribution >= 4 is 5.91 Å². The van der Waals surface area contributed by atoms with Crippen LogP contribution in [0.3, 0.4) is 0 Å². The van der Waals surface area contributed by atoms with Gasteiger partial charge in [0.05, 0.1) is 6.61 Å². The Balaban J connectivity index is 2.10. The summed E-state index contributed by atoms with van der Waals surface area (Å²) in [7, 11) is 0. The molecule has 0 saturated carbocycles. The Morgan fingerprint density at radius 2 is 2.44 bits per heavy atom. The zero-order chi connectivity index (χ0) is 13.0. The number of ether oxygens (including phenoxy) is 1. The lowest BCUT2D eigenvalue weighted by molar-refractivity contribution is 0.0729. The van der Waals surface area contributed by atoms with Gasteiger partial charge in [0.2, 0.25) is 0 Å². The highest BCUT2D eigenvalue weighted by Gasteiger charge is 2.23. The Bertz CT molecular complexity index is 463. The van der Waals surface area contributed by atoms with Crippen LogP contribution in [0.2, 0.25) is 0 Å². The minimum absolute atomic E-state index is 0.203. The third kappa shape index (κ3) is 2.79. The van der Waals surface area contributed by atoms with E-state index in [2.05, 4.69) is 4.98 Å². The molecule has 0 radical (unpaired) electrons. The number of amides is 1. The largest absolute Gasteiger partial charge is 0.381 e. The van der Waals surface area contributed by atoms with Crippen LogP contribution in [0.1, 0.15) is 23.7 Å². The first-order valence-electron chi connectivity index (χ1n) is 6.26. The van der Waals surface area contributed by atoms with Crippen LogP contribution in [0.5, 0.6) is 0 Å². The van der Waals surface area contributed by atoms with Gasteiger partial charge in [-0.1, -0.05) is 0 Å². The molecule has 98 valence electrons. The fourth-order valence-corrected chi connectivity index (χ4v) is 2.15. The maximum absolute atomic E-state index is 12.2. The molecule has 1 saturated heterocycles. The number of hydrogen-bond donors (Lipinski definition) is 1. The van der Waals surface area contributed by atoms with Crippen LogP contribution in [-0.2, 0) is 4.74 Å². The highest BCUT2D eigenvalue weighted by atomic mass is 16.5. The fourth-order valence-electron chi connectivity index (χ4n) is 2.15. The molecule has 1 aliphatic heterocycles. The van der Waals surface area contributed by atoms with E-state index in [1.807, 2.05) is 6.92 Å². The number of pyridine rings is 1. The molecule has 1 N–H and O–H groups in total. The Labute approximate surface area is 106 Å². The summed E-state index contributed by atoms with van der Waals surface area (Å²) in [5.74, 6) is 0.183. The maximum atomic E-state index is 12.2. The van der Waals surface area contributed by atoms with Crippen molar-refractivity contribution in [2.45, 2.75) is 13.3 Å². The van der Waals surface area contributed by atoms with E-state index in [4.69, 9.17) is 4.74 Å². The van der Waals surface area contributed by atoms with Crippen molar-refractivity contribution in [2.24, 2.45) is 5.92 Å². The van der Waals surface area contributed by atoms with E-state index in [0.29, 0.717) is 25.6 Å². The molecule has 18 heavy (non-hydrogen) atoms. The van der Waals surface area contributed by atoms with Crippen molar-refractivity contribution in [3.63, 3.8) is 0 Å². The molecule has 0 bridgehead atoms. The second-order valence-electron chi connectivity index (χ2n) is 4.50. The molecule has 1 unspecified atom stereocenters. The van der Waals surface area contributed by atoms with Gasteiger partial charge in [0.25, 0.3) is 5.91 Å². The van der Waals surface area contributed by atoms with Gasteiger partial charge in [0.1, 0.15) is 5.56 Å². The highest BCUT2D eigenvalue weighted by molar-refractivity contribution is 5.93. The van der Waals surface area contributed by atoms with E-state index in [1.54, 1.807) is 4.90 Å². The average Bonchev–Trinajstić information content (AvgIpc) is 2.88. The lowest BCUT2D eigenvalue weighted by atomic mass is 10.1. The van der Waals surface area contributed by atoms with Gasteiger partial charge in [0, 0.05) is 44.1 Å². The van der Waals surface area contributed by atoms with Crippen LogP contribution < -0.4 is 5.43 Å². The summed E-state index contributed by atoms with van der Waals surface area (Å²) >= 11 is 0. The summed E-state index contributed by atoms with van der Waals surface area (Å²) in [5.41, 5.74) is -0.0295. The van der Waals surface area contributed by atoms with Crippen molar-refractivity contribution in [3.05, 3.63) is 34.2 Å². The normalized spacial score (nSPS) is 18.8. The lowest BCUT2D eigenvalue weighted by Crippen LogP contribution is -2.37. The molecule has 0 aromatic carbocycles. The summed E-state index contributed by atoms with van der Waals surface area (Å²) in [5, 5.41) is 0. The molecule has 1 aromatic heterocycles. The van der Waals surface area contributed by atoms with Gasteiger partial charge < -0.3 is 14.6 Å². The number of nitrogens with zero attached hydrogens (tertiary/aromatic N) is 1. The zero-order valence-electron chi connectivity index (χ0n) is 10.5. The number of rotatable bonds is 4. The zero-order valence-corrected chi connectivity index (χ0v) is 10.5. The number of hydrogen-bond acceptors (Lipinski definition) is 3. The Kier molecular flexibility index (Phi) is 4.15. The van der Waals surface area contributed by atoms with E-state index >= 15 is 0 Å². The summed E-state index contributed by atoms with van der Waals surface area (Å²) in [6.45, 7) is 4.65. The molecule has 1 atom stereocenters. The van der Waals surface area contributed by atoms with E-state index in [-0.39, 0.29) is 16.9 Å². The minimum Gasteiger partial charge on any atom is -0.381 e. The molecule has 0 aliphatic carbocycles. The van der Waals surface area contributed by atoms with Crippen LogP contribution >= 0.6 is 0 Å². The minimum atomic E-state index is -0.236. The Morgan fingerprint density at radius 1 is 1.61 bits per heavy atom. The van der Waals surface area contributed by atoms with E-state index in [0.717, 1.165) is 13.0 Å². The standard InChI is InChI=1S/C13H18N2O3/c1-2-15(8-10-4-6-18-9-10)13(17)11-7-14-5-3-12(11)16/h3,5,7,10H,2,4,6,8-9H2,1H3,(H,14,16). The van der Waals surface area contributed by atoms with Crippen LogP contribution in [-0.4, -0.2) is 42.1 Å². The summed E-state index contributed by atoms with van der Waals surface area (Å²) in [6, 6.07) is 1.37. The summed E-state index contributed by atoms with van der Waals surface area (Å²) < 4.78 is 5.31. The summed E-state index contributed by atoms with van der Waals surface area (Å²) in [4.78, 5) is 28.4. The van der Waals surface area contributed by atoms with E-state index in [9.17, 15) is 9.59 Å². The first kappa shape index (κ1) is 12.8. The molecular weight excluding hydrogens is 232 g/mol. The quantitative estimate of drug-likeness (QED) is 0.862. The van der Waals surface area contributed by atoms with Gasteiger partial charge >= 0.3 is 0 Å². The number of carbonyl (C=O) groups is 1. The number of nitrogens with one attached hydrogen (secondary N) is 1. The Morgan fingerprint density at radius 3 is 3.06 bits per heavy atom. The van der Waals surface area contributed by atoms with Gasteiger partial charge in [-0.3, -0.25) is 9.59 Å². The average molecular weight is 250 g/mol. The van der Waals surface area contributed by atoms with Crippen molar-refractivity contribution in [2.75, 3.05) is 26.3 Å². The molecule has 5 nitrogen and oxygen atoms in total. The van der Waals surface area contributed by atoms with Crippen molar-refractivity contribution in [3.8, 4) is 0 Å². The molecular formula is C13H18N2O3. The van der Waals surface area contributed by atoms with E-state index in [1.165, 1.54) is 18.5 Å². The second-order valence-corrected chi connectivity index (χ2v) is 4.50. The van der Waals surface area contributed by atoms with Crippen LogP contribution in [0.15, 0.2) is 23.3 Å². The molecule has 2 heterocycles. The summed E-state index contributed by atoms with van der Waals surface area (Å²) in [6.07, 6.45) is 3.98. The van der Waals surface area contributed by atoms with Crippen LogP contribution in [0.25, 0.3) is 0 Å². The van der Waals surface area contributed by atoms with Crippen molar-refractivity contribution < 1.29 is 9.53 Å². The topological polar surface area (TPSA) is 62.4 Å². The number of aromatic amines is 1. The molecule has 1 amide bonds.